The van der Waals surface area contributed by atoms with Crippen molar-refractivity contribution in [3.8, 4) is 0 Å². The van der Waals surface area contributed by atoms with Crippen LogP contribution in [0, 0.1) is 17.0 Å². The van der Waals surface area contributed by atoms with Crippen molar-refractivity contribution < 1.29 is 14.5 Å². The van der Waals surface area contributed by atoms with Crippen molar-refractivity contribution in [1.82, 2.24) is 9.88 Å². The predicted molar refractivity (Wildman–Crippen MR) is 103 cm³/mol. The number of fused-ring (bicyclic) bond motifs is 1. The average Bonchev–Trinajstić information content (AvgIpc) is 2.59. The number of anilines is 1. The van der Waals surface area contributed by atoms with Crippen LogP contribution in [0.25, 0.3) is 10.9 Å². The average molecular weight is 372 g/mol. The third kappa shape index (κ3) is 4.27. The van der Waals surface area contributed by atoms with Gasteiger partial charge in [-0.3, -0.25) is 15.1 Å². The Morgan fingerprint density at radius 3 is 2.44 bits per heavy atom. The van der Waals surface area contributed by atoms with E-state index in [-0.39, 0.29) is 11.8 Å². The number of nitro benzene ring substituents is 1. The quantitative estimate of drug-likeness (QED) is 0.592. The van der Waals surface area contributed by atoms with Gasteiger partial charge in [-0.15, -0.1) is 0 Å². The molecular formula is C19H24N4O4. The minimum Gasteiger partial charge on any atom is -0.444 e. The zero-order valence-corrected chi connectivity index (χ0v) is 16.1. The Kier molecular flexibility index (Phi) is 4.91. The Labute approximate surface area is 157 Å². The van der Waals surface area contributed by atoms with Crippen molar-refractivity contribution in [2.24, 2.45) is 0 Å². The van der Waals surface area contributed by atoms with Crippen LogP contribution in [0.3, 0.4) is 0 Å². The molecule has 1 fully saturated rings. The second kappa shape index (κ2) is 7.02. The van der Waals surface area contributed by atoms with E-state index in [1.807, 2.05) is 33.8 Å². The molecule has 8 nitrogen and oxygen atoms in total. The van der Waals surface area contributed by atoms with Gasteiger partial charge in [0.05, 0.1) is 10.4 Å². The summed E-state index contributed by atoms with van der Waals surface area (Å²) in [6, 6.07) is 6.66. The summed E-state index contributed by atoms with van der Waals surface area (Å²) < 4.78 is 5.43. The summed E-state index contributed by atoms with van der Waals surface area (Å²) in [5, 5.41) is 11.9. The highest BCUT2D eigenvalue weighted by molar-refractivity contribution is 5.93. The second-order valence-electron chi connectivity index (χ2n) is 7.70. The van der Waals surface area contributed by atoms with Crippen LogP contribution < -0.4 is 4.90 Å². The molecule has 2 heterocycles. The van der Waals surface area contributed by atoms with E-state index < -0.39 is 10.5 Å². The molecule has 2 aromatic rings. The normalized spacial score (nSPS) is 15.1. The molecule has 0 atom stereocenters. The summed E-state index contributed by atoms with van der Waals surface area (Å²) >= 11 is 0. The first-order valence-electron chi connectivity index (χ1n) is 8.93. The van der Waals surface area contributed by atoms with Gasteiger partial charge in [0.25, 0.3) is 5.69 Å². The van der Waals surface area contributed by atoms with Crippen molar-refractivity contribution in [2.45, 2.75) is 33.3 Å². The van der Waals surface area contributed by atoms with Crippen LogP contribution in [0.15, 0.2) is 24.3 Å². The van der Waals surface area contributed by atoms with Gasteiger partial charge in [0.15, 0.2) is 0 Å². The molecule has 8 heteroatoms. The number of ether oxygens (including phenoxy) is 1. The van der Waals surface area contributed by atoms with Gasteiger partial charge in [-0.1, -0.05) is 0 Å². The molecule has 1 amide bonds. The van der Waals surface area contributed by atoms with E-state index in [2.05, 4.69) is 9.88 Å². The van der Waals surface area contributed by atoms with E-state index in [4.69, 9.17) is 4.74 Å². The molecule has 3 rings (SSSR count). The molecule has 1 aliphatic heterocycles. The Bertz CT molecular complexity index is 883. The number of nitrogens with zero attached hydrogens (tertiary/aromatic N) is 4. The Balaban J connectivity index is 1.83. The number of hydrogen-bond donors (Lipinski definition) is 0. The molecule has 1 aromatic carbocycles. The molecule has 1 aliphatic rings. The first-order chi connectivity index (χ1) is 12.6. The summed E-state index contributed by atoms with van der Waals surface area (Å²) in [4.78, 5) is 31.3. The zero-order valence-electron chi connectivity index (χ0n) is 16.1. The zero-order chi connectivity index (χ0) is 19.8. The maximum Gasteiger partial charge on any atom is 0.410 e. The van der Waals surface area contributed by atoms with Gasteiger partial charge in [0.2, 0.25) is 0 Å². The summed E-state index contributed by atoms with van der Waals surface area (Å²) in [5.74, 6) is 0. The van der Waals surface area contributed by atoms with E-state index in [0.29, 0.717) is 26.2 Å². The summed E-state index contributed by atoms with van der Waals surface area (Å²) in [6.07, 6.45) is -0.312. The molecule has 0 unspecified atom stereocenters. The molecule has 0 N–H and O–H groups in total. The fourth-order valence-electron chi connectivity index (χ4n) is 3.16. The number of nitro groups is 1. The third-order valence-corrected chi connectivity index (χ3v) is 4.38. The lowest BCUT2D eigenvalue weighted by Gasteiger charge is -2.37. The number of hydrogen-bond acceptors (Lipinski definition) is 6. The van der Waals surface area contributed by atoms with Crippen LogP contribution in [0.5, 0.6) is 0 Å². The lowest BCUT2D eigenvalue weighted by Crippen LogP contribution is -2.50. The molecule has 1 saturated heterocycles. The lowest BCUT2D eigenvalue weighted by atomic mass is 10.1. The smallest absolute Gasteiger partial charge is 0.410 e. The van der Waals surface area contributed by atoms with Crippen LogP contribution in [0.2, 0.25) is 0 Å². The van der Waals surface area contributed by atoms with Crippen molar-refractivity contribution >= 4 is 28.4 Å². The van der Waals surface area contributed by atoms with Crippen LogP contribution in [0.1, 0.15) is 26.5 Å². The first-order valence-corrected chi connectivity index (χ1v) is 8.93. The SMILES string of the molecule is Cc1cc(N2CCN(C(=O)OC(C)(C)C)CC2)c2cc([N+](=O)[O-])ccc2n1. The van der Waals surface area contributed by atoms with Crippen LogP contribution in [-0.2, 0) is 4.74 Å². The number of carbonyl (C=O) groups excluding carboxylic acids is 1. The largest absolute Gasteiger partial charge is 0.444 e. The molecule has 1 aromatic heterocycles. The highest BCUT2D eigenvalue weighted by Gasteiger charge is 2.27. The van der Waals surface area contributed by atoms with E-state index >= 15 is 0 Å². The molecule has 27 heavy (non-hydrogen) atoms. The Hall–Kier alpha value is -2.90. The van der Waals surface area contributed by atoms with Gasteiger partial charge in [-0.05, 0) is 39.8 Å². The highest BCUT2D eigenvalue weighted by atomic mass is 16.6. The molecule has 0 saturated carbocycles. The second-order valence-corrected chi connectivity index (χ2v) is 7.70. The number of aromatic nitrogens is 1. The third-order valence-electron chi connectivity index (χ3n) is 4.38. The van der Waals surface area contributed by atoms with Crippen molar-refractivity contribution in [1.29, 1.82) is 0 Å². The van der Waals surface area contributed by atoms with Crippen molar-refractivity contribution in [3.05, 3.63) is 40.1 Å². The molecule has 144 valence electrons. The Morgan fingerprint density at radius 2 is 1.85 bits per heavy atom. The summed E-state index contributed by atoms with van der Waals surface area (Å²) in [6.45, 7) is 9.77. The molecule has 0 spiro atoms. The lowest BCUT2D eigenvalue weighted by molar-refractivity contribution is -0.384. The van der Waals surface area contributed by atoms with Crippen molar-refractivity contribution in [3.63, 3.8) is 0 Å². The van der Waals surface area contributed by atoms with E-state index in [9.17, 15) is 14.9 Å². The minimum absolute atomic E-state index is 0.0433. The van der Waals surface area contributed by atoms with Gasteiger partial charge in [-0.2, -0.15) is 0 Å². The molecule has 0 bridgehead atoms. The number of piperazine rings is 1. The van der Waals surface area contributed by atoms with Crippen molar-refractivity contribution in [2.75, 3.05) is 31.1 Å². The monoisotopic (exact) mass is 372 g/mol. The maximum absolute atomic E-state index is 12.2. The van der Waals surface area contributed by atoms with E-state index in [1.165, 1.54) is 6.07 Å². The number of carbonyl (C=O) groups is 1. The predicted octanol–water partition coefficient (Wildman–Crippen LogP) is 3.51. The maximum atomic E-state index is 12.2. The van der Waals surface area contributed by atoms with Crippen LogP contribution in [-0.4, -0.2) is 52.7 Å². The van der Waals surface area contributed by atoms with Gasteiger partial charge in [-0.25, -0.2) is 4.79 Å². The van der Waals surface area contributed by atoms with Gasteiger partial charge in [0.1, 0.15) is 5.60 Å². The number of benzene rings is 1. The number of pyridine rings is 1. The standard InChI is InChI=1S/C19H24N4O4/c1-13-11-17(15-12-14(23(25)26)5-6-16(15)20-13)21-7-9-22(10-8-21)18(24)27-19(2,3)4/h5-6,11-12H,7-10H2,1-4H3. The fourth-order valence-corrected chi connectivity index (χ4v) is 3.16. The van der Waals surface area contributed by atoms with E-state index in [1.54, 1.807) is 17.0 Å². The van der Waals surface area contributed by atoms with Gasteiger partial charge >= 0.3 is 6.09 Å². The number of amides is 1. The van der Waals surface area contributed by atoms with Gasteiger partial charge in [0, 0.05) is 55.1 Å². The summed E-state index contributed by atoms with van der Waals surface area (Å²) in [7, 11) is 0. The molecule has 0 radical (unpaired) electrons. The number of rotatable bonds is 2. The molecule has 0 aliphatic carbocycles. The van der Waals surface area contributed by atoms with Crippen LogP contribution >= 0.6 is 0 Å². The topological polar surface area (TPSA) is 88.8 Å². The Morgan fingerprint density at radius 1 is 1.19 bits per heavy atom. The van der Waals surface area contributed by atoms with Crippen LogP contribution in [0.4, 0.5) is 16.2 Å². The molecular weight excluding hydrogens is 348 g/mol. The number of aryl methyl sites for hydroxylation is 1. The van der Waals surface area contributed by atoms with Gasteiger partial charge < -0.3 is 14.5 Å². The highest BCUT2D eigenvalue weighted by Crippen LogP contribution is 2.30. The fraction of sp³-hybridized carbons (Fsp3) is 0.474. The van der Waals surface area contributed by atoms with E-state index in [0.717, 1.165) is 22.3 Å². The first kappa shape index (κ1) is 18.9. The minimum atomic E-state index is -0.522. The summed E-state index contributed by atoms with van der Waals surface area (Å²) in [5.41, 5.74) is 2.00. The number of non-ortho nitro benzene ring substituents is 1.